The third-order valence-corrected chi connectivity index (χ3v) is 6.62. The molecule has 1 heterocycles. The smallest absolute Gasteiger partial charge is 0.263 e. The van der Waals surface area contributed by atoms with Gasteiger partial charge in [0, 0.05) is 26.2 Å². The van der Waals surface area contributed by atoms with Gasteiger partial charge in [0.2, 0.25) is 10.0 Å². The summed E-state index contributed by atoms with van der Waals surface area (Å²) in [5.41, 5.74) is 0.747. The van der Waals surface area contributed by atoms with Crippen LogP contribution in [0.1, 0.15) is 12.5 Å². The zero-order valence-electron chi connectivity index (χ0n) is 15.9. The van der Waals surface area contributed by atoms with E-state index < -0.39 is 16.1 Å². The van der Waals surface area contributed by atoms with Crippen molar-refractivity contribution in [3.05, 3.63) is 54.1 Å². The van der Waals surface area contributed by atoms with E-state index in [1.807, 2.05) is 18.2 Å². The van der Waals surface area contributed by atoms with Gasteiger partial charge in [-0.05, 0) is 43.7 Å². The minimum absolute atomic E-state index is 0.104. The second-order valence-corrected chi connectivity index (χ2v) is 8.68. The van der Waals surface area contributed by atoms with Gasteiger partial charge in [-0.25, -0.2) is 8.42 Å². The van der Waals surface area contributed by atoms with E-state index >= 15 is 0 Å². The molecule has 0 aliphatic carbocycles. The van der Waals surface area contributed by atoms with E-state index in [1.54, 1.807) is 36.9 Å². The Bertz CT molecular complexity index is 938. The second-order valence-electron chi connectivity index (χ2n) is 6.77. The van der Waals surface area contributed by atoms with Crippen molar-refractivity contribution >= 4 is 15.9 Å². The van der Waals surface area contributed by atoms with Crippen molar-refractivity contribution in [1.29, 1.82) is 0 Å². The lowest BCUT2D eigenvalue weighted by molar-refractivity contribution is -0.139. The number of aryl methyl sites for hydroxylation is 1. The number of para-hydroxylation sites is 1. The van der Waals surface area contributed by atoms with Crippen LogP contribution in [0.3, 0.4) is 0 Å². The van der Waals surface area contributed by atoms with Crippen molar-refractivity contribution in [2.24, 2.45) is 0 Å². The summed E-state index contributed by atoms with van der Waals surface area (Å²) in [5.74, 6) is 0.160. The summed E-state index contributed by atoms with van der Waals surface area (Å²) < 4.78 is 32.7. The summed E-state index contributed by atoms with van der Waals surface area (Å²) in [4.78, 5) is 14.1. The molecule has 0 spiro atoms. The maximum absolute atomic E-state index is 12.8. The van der Waals surface area contributed by atoms with E-state index in [9.17, 15) is 18.3 Å². The van der Waals surface area contributed by atoms with E-state index in [0.29, 0.717) is 5.75 Å². The monoisotopic (exact) mass is 404 g/mol. The summed E-state index contributed by atoms with van der Waals surface area (Å²) >= 11 is 0. The highest BCUT2D eigenvalue weighted by Gasteiger charge is 2.33. The van der Waals surface area contributed by atoms with Crippen LogP contribution in [-0.4, -0.2) is 60.9 Å². The van der Waals surface area contributed by atoms with Crippen LogP contribution in [-0.2, 0) is 14.8 Å². The number of carbonyl (C=O) groups is 1. The molecule has 1 aliphatic heterocycles. The fraction of sp³-hybridized carbons (Fsp3) is 0.350. The Morgan fingerprint density at radius 2 is 1.71 bits per heavy atom. The van der Waals surface area contributed by atoms with Gasteiger partial charge in [0.1, 0.15) is 16.4 Å². The van der Waals surface area contributed by atoms with Crippen molar-refractivity contribution in [3.63, 3.8) is 0 Å². The largest absolute Gasteiger partial charge is 0.507 e. The molecule has 1 atom stereocenters. The molecule has 0 radical (unpaired) electrons. The predicted octanol–water partition coefficient (Wildman–Crippen LogP) is 2.00. The highest BCUT2D eigenvalue weighted by Crippen LogP contribution is 2.27. The van der Waals surface area contributed by atoms with Crippen molar-refractivity contribution in [2.45, 2.75) is 24.8 Å². The maximum atomic E-state index is 12.8. The molecule has 2 aromatic carbocycles. The Kier molecular flexibility index (Phi) is 5.90. The molecule has 1 aliphatic rings. The normalized spacial score (nSPS) is 16.6. The maximum Gasteiger partial charge on any atom is 0.263 e. The minimum Gasteiger partial charge on any atom is -0.507 e. The van der Waals surface area contributed by atoms with Crippen LogP contribution in [0.2, 0.25) is 0 Å². The molecule has 1 saturated heterocycles. The molecule has 28 heavy (non-hydrogen) atoms. The van der Waals surface area contributed by atoms with E-state index in [-0.39, 0.29) is 42.7 Å². The van der Waals surface area contributed by atoms with E-state index in [1.165, 1.54) is 16.4 Å². The van der Waals surface area contributed by atoms with Crippen LogP contribution in [0, 0.1) is 6.92 Å². The Morgan fingerprint density at radius 1 is 1.07 bits per heavy atom. The fourth-order valence-electron chi connectivity index (χ4n) is 3.13. The van der Waals surface area contributed by atoms with Crippen molar-refractivity contribution in [1.82, 2.24) is 9.21 Å². The van der Waals surface area contributed by atoms with Gasteiger partial charge in [-0.15, -0.1) is 0 Å². The number of phenolic OH excluding ortho intramolecular Hbond substituents is 1. The Labute approximate surface area is 165 Å². The lowest BCUT2D eigenvalue weighted by Gasteiger charge is -2.35. The SMILES string of the molecule is Cc1ccc(O)c(S(=O)(=O)N2CCN(C(=O)C(C)Oc3ccccc3)CC2)c1. The minimum atomic E-state index is -3.82. The molecule has 1 unspecified atom stereocenters. The number of nitrogens with zero attached hydrogens (tertiary/aromatic N) is 2. The fourth-order valence-corrected chi connectivity index (χ4v) is 4.72. The molecule has 150 valence electrons. The number of amides is 1. The average Bonchev–Trinajstić information content (AvgIpc) is 2.70. The topological polar surface area (TPSA) is 87.2 Å². The highest BCUT2D eigenvalue weighted by molar-refractivity contribution is 7.89. The van der Waals surface area contributed by atoms with Crippen LogP contribution < -0.4 is 4.74 Å². The van der Waals surface area contributed by atoms with E-state index in [0.717, 1.165) is 5.56 Å². The van der Waals surface area contributed by atoms with Gasteiger partial charge in [-0.2, -0.15) is 4.31 Å². The Balaban J connectivity index is 1.63. The lowest BCUT2D eigenvalue weighted by Crippen LogP contribution is -2.53. The van der Waals surface area contributed by atoms with Crippen molar-refractivity contribution < 1.29 is 23.1 Å². The molecule has 3 rings (SSSR count). The number of benzene rings is 2. The third-order valence-electron chi connectivity index (χ3n) is 4.69. The molecule has 1 fully saturated rings. The molecule has 0 bridgehead atoms. The Hall–Kier alpha value is -2.58. The first kappa shape index (κ1) is 20.2. The number of hydrogen-bond donors (Lipinski definition) is 1. The van der Waals surface area contributed by atoms with Crippen molar-refractivity contribution in [3.8, 4) is 11.5 Å². The summed E-state index contributed by atoms with van der Waals surface area (Å²) in [6.45, 7) is 4.33. The first-order valence-electron chi connectivity index (χ1n) is 9.09. The summed E-state index contributed by atoms with van der Waals surface area (Å²) in [7, 11) is -3.82. The Morgan fingerprint density at radius 3 is 2.36 bits per heavy atom. The number of sulfonamides is 1. The highest BCUT2D eigenvalue weighted by atomic mass is 32.2. The molecule has 0 saturated carbocycles. The molecule has 1 amide bonds. The number of piperazine rings is 1. The first-order valence-corrected chi connectivity index (χ1v) is 10.5. The molecule has 0 aromatic heterocycles. The summed E-state index contributed by atoms with van der Waals surface area (Å²) in [6.07, 6.45) is -0.661. The van der Waals surface area contributed by atoms with Gasteiger partial charge >= 0.3 is 0 Å². The number of carbonyl (C=O) groups excluding carboxylic acids is 1. The zero-order chi connectivity index (χ0) is 20.3. The van der Waals surface area contributed by atoms with Crippen LogP contribution in [0.25, 0.3) is 0 Å². The number of ether oxygens (including phenoxy) is 1. The van der Waals surface area contributed by atoms with Crippen LogP contribution in [0.5, 0.6) is 11.5 Å². The third kappa shape index (κ3) is 4.28. The van der Waals surface area contributed by atoms with Crippen LogP contribution in [0.4, 0.5) is 0 Å². The van der Waals surface area contributed by atoms with Gasteiger partial charge in [-0.1, -0.05) is 24.3 Å². The van der Waals surface area contributed by atoms with Crippen LogP contribution >= 0.6 is 0 Å². The van der Waals surface area contributed by atoms with Gasteiger partial charge in [0.05, 0.1) is 0 Å². The summed E-state index contributed by atoms with van der Waals surface area (Å²) in [5, 5.41) is 9.97. The van der Waals surface area contributed by atoms with Gasteiger partial charge in [-0.3, -0.25) is 4.79 Å². The van der Waals surface area contributed by atoms with E-state index in [4.69, 9.17) is 4.74 Å². The molecule has 1 N–H and O–H groups in total. The molecular formula is C20H24N2O5S. The molecular weight excluding hydrogens is 380 g/mol. The van der Waals surface area contributed by atoms with Crippen LogP contribution in [0.15, 0.2) is 53.4 Å². The zero-order valence-corrected chi connectivity index (χ0v) is 16.7. The van der Waals surface area contributed by atoms with E-state index in [2.05, 4.69) is 0 Å². The number of aromatic hydroxyl groups is 1. The number of hydrogen-bond acceptors (Lipinski definition) is 5. The molecule has 8 heteroatoms. The van der Waals surface area contributed by atoms with Crippen molar-refractivity contribution in [2.75, 3.05) is 26.2 Å². The first-order chi connectivity index (χ1) is 13.3. The molecule has 2 aromatic rings. The second kappa shape index (κ2) is 8.20. The van der Waals surface area contributed by atoms with Gasteiger partial charge in [0.25, 0.3) is 5.91 Å². The number of rotatable bonds is 5. The summed E-state index contributed by atoms with van der Waals surface area (Å²) in [6, 6.07) is 13.6. The standard InChI is InChI=1S/C20H24N2O5S/c1-15-8-9-18(23)19(14-15)28(25,26)22-12-10-21(11-13-22)20(24)16(2)27-17-6-4-3-5-7-17/h3-9,14,16,23H,10-13H2,1-2H3. The van der Waals surface area contributed by atoms with Gasteiger partial charge < -0.3 is 14.7 Å². The number of phenols is 1. The average molecular weight is 404 g/mol. The lowest BCUT2D eigenvalue weighted by atomic mass is 10.2. The predicted molar refractivity (Wildman–Crippen MR) is 105 cm³/mol. The quantitative estimate of drug-likeness (QED) is 0.824. The van der Waals surface area contributed by atoms with Gasteiger partial charge in [0.15, 0.2) is 6.10 Å². The molecule has 7 nitrogen and oxygen atoms in total.